The summed E-state index contributed by atoms with van der Waals surface area (Å²) >= 11 is 1.45. The average Bonchev–Trinajstić information content (AvgIpc) is 3.31. The maximum atomic E-state index is 12.8. The molecule has 1 amide bonds. The van der Waals surface area contributed by atoms with Crippen molar-refractivity contribution in [3.63, 3.8) is 0 Å². The van der Waals surface area contributed by atoms with E-state index in [9.17, 15) is 10.1 Å². The maximum absolute atomic E-state index is 12.8. The number of nitrogens with one attached hydrogen (secondary N) is 2. The first-order valence-corrected chi connectivity index (χ1v) is 11.5. The summed E-state index contributed by atoms with van der Waals surface area (Å²) in [6.07, 6.45) is 2.50. The number of hydrogen-bond acceptors (Lipinski definition) is 5. The van der Waals surface area contributed by atoms with E-state index in [0.29, 0.717) is 16.5 Å². The summed E-state index contributed by atoms with van der Waals surface area (Å²) in [5, 5.41) is 16.4. The lowest BCUT2D eigenvalue weighted by Crippen LogP contribution is -2.25. The number of carbonyl (C=O) groups excluding carboxylic acids is 1. The molecule has 0 atom stereocenters. The molecule has 6 heteroatoms. The van der Waals surface area contributed by atoms with Crippen LogP contribution in [0.1, 0.15) is 34.9 Å². The van der Waals surface area contributed by atoms with Crippen LogP contribution in [0.2, 0.25) is 0 Å². The highest BCUT2D eigenvalue weighted by Gasteiger charge is 2.17. The molecule has 0 saturated carbocycles. The van der Waals surface area contributed by atoms with Gasteiger partial charge in [-0.05, 0) is 61.2 Å². The third-order valence-electron chi connectivity index (χ3n) is 5.06. The summed E-state index contributed by atoms with van der Waals surface area (Å²) in [6, 6.07) is 19.9. The van der Waals surface area contributed by atoms with E-state index in [1.165, 1.54) is 28.5 Å². The highest BCUT2D eigenvalue weighted by atomic mass is 32.2. The van der Waals surface area contributed by atoms with Gasteiger partial charge in [-0.3, -0.25) is 4.79 Å². The molecule has 0 aliphatic carbocycles. The third-order valence-corrected chi connectivity index (χ3v) is 6.11. The molecule has 2 aromatic carbocycles. The molecule has 3 aromatic rings. The zero-order valence-electron chi connectivity index (χ0n) is 18.6. The fraction of sp³-hybridized carbons (Fsp3) is 0.231. The van der Waals surface area contributed by atoms with E-state index < -0.39 is 5.91 Å². The minimum atomic E-state index is -0.440. The number of furan rings is 1. The second-order valence-electron chi connectivity index (χ2n) is 7.47. The monoisotopic (exact) mass is 445 g/mol. The molecule has 164 valence electrons. The van der Waals surface area contributed by atoms with Crippen LogP contribution >= 0.6 is 11.8 Å². The van der Waals surface area contributed by atoms with Crippen LogP contribution in [0, 0.1) is 25.2 Å². The molecule has 0 fully saturated rings. The van der Waals surface area contributed by atoms with Crippen LogP contribution in [0.15, 0.2) is 75.9 Å². The number of nitrogens with zero attached hydrogens (tertiary/aromatic N) is 1. The van der Waals surface area contributed by atoms with Crippen molar-refractivity contribution in [2.75, 3.05) is 5.32 Å². The average molecular weight is 446 g/mol. The van der Waals surface area contributed by atoms with Gasteiger partial charge in [0.1, 0.15) is 17.4 Å². The van der Waals surface area contributed by atoms with E-state index in [4.69, 9.17) is 4.42 Å². The number of amides is 1. The van der Waals surface area contributed by atoms with Crippen molar-refractivity contribution >= 4 is 23.4 Å². The maximum Gasteiger partial charge on any atom is 0.265 e. The van der Waals surface area contributed by atoms with E-state index in [-0.39, 0.29) is 12.1 Å². The zero-order valence-corrected chi connectivity index (χ0v) is 19.4. The van der Waals surface area contributed by atoms with Gasteiger partial charge in [-0.2, -0.15) is 5.26 Å². The molecule has 0 aliphatic heterocycles. The lowest BCUT2D eigenvalue weighted by Gasteiger charge is -2.15. The molecule has 2 N–H and O–H groups in total. The molecule has 0 bridgehead atoms. The van der Waals surface area contributed by atoms with E-state index in [1.54, 1.807) is 18.4 Å². The minimum Gasteiger partial charge on any atom is -0.467 e. The van der Waals surface area contributed by atoms with E-state index >= 15 is 0 Å². The SMILES string of the molecule is CCc1ccc(N/C(SCc2ccc(C)cc2C)=C(/C#N)C(=O)NCc2ccco2)cc1. The molecule has 5 nitrogen and oxygen atoms in total. The molecule has 1 aromatic heterocycles. The molecule has 0 radical (unpaired) electrons. The van der Waals surface area contributed by atoms with Crippen LogP contribution in [0.4, 0.5) is 5.69 Å². The normalized spacial score (nSPS) is 11.4. The summed E-state index contributed by atoms with van der Waals surface area (Å²) in [5.41, 5.74) is 5.65. The van der Waals surface area contributed by atoms with Crippen LogP contribution in [0.3, 0.4) is 0 Å². The Labute approximate surface area is 193 Å². The largest absolute Gasteiger partial charge is 0.467 e. The molecule has 3 rings (SSSR count). The van der Waals surface area contributed by atoms with Gasteiger partial charge in [0.15, 0.2) is 0 Å². The Morgan fingerprint density at radius 1 is 1.12 bits per heavy atom. The molecule has 32 heavy (non-hydrogen) atoms. The number of hydrogen-bond donors (Lipinski definition) is 2. The standard InChI is InChI=1S/C26H27N3O2S/c1-4-20-8-11-22(12-9-20)29-26(32-17-21-10-7-18(2)14-19(21)3)24(15-27)25(30)28-16-23-6-5-13-31-23/h5-14,29H,4,16-17H2,1-3H3,(H,28,30)/b26-24+. The second-order valence-corrected chi connectivity index (χ2v) is 8.46. The van der Waals surface area contributed by atoms with Crippen LogP contribution in [-0.4, -0.2) is 5.91 Å². The first-order valence-electron chi connectivity index (χ1n) is 10.5. The Morgan fingerprint density at radius 2 is 1.91 bits per heavy atom. The zero-order chi connectivity index (χ0) is 22.9. The molecule has 0 spiro atoms. The van der Waals surface area contributed by atoms with Crippen LogP contribution in [0.5, 0.6) is 0 Å². The lowest BCUT2D eigenvalue weighted by molar-refractivity contribution is -0.117. The molecular formula is C26H27N3O2S. The van der Waals surface area contributed by atoms with Gasteiger partial charge in [0.05, 0.1) is 17.8 Å². The van der Waals surface area contributed by atoms with Crippen molar-refractivity contribution in [3.8, 4) is 6.07 Å². The second kappa shape index (κ2) is 11.3. The molecule has 0 saturated heterocycles. The molecule has 0 unspecified atom stereocenters. The van der Waals surface area contributed by atoms with Gasteiger partial charge in [-0.1, -0.05) is 42.8 Å². The number of aryl methyl sites for hydroxylation is 3. The number of benzene rings is 2. The first-order chi connectivity index (χ1) is 15.5. The third kappa shape index (κ3) is 6.29. The minimum absolute atomic E-state index is 0.0471. The summed E-state index contributed by atoms with van der Waals surface area (Å²) in [4.78, 5) is 12.8. The Morgan fingerprint density at radius 3 is 2.53 bits per heavy atom. The van der Waals surface area contributed by atoms with E-state index in [2.05, 4.69) is 55.7 Å². The Hall–Kier alpha value is -3.43. The predicted octanol–water partition coefficient (Wildman–Crippen LogP) is 5.86. The summed E-state index contributed by atoms with van der Waals surface area (Å²) in [7, 11) is 0. The van der Waals surface area contributed by atoms with Crippen molar-refractivity contribution in [3.05, 3.63) is 99.5 Å². The van der Waals surface area contributed by atoms with Gasteiger partial charge in [0.25, 0.3) is 5.91 Å². The quantitative estimate of drug-likeness (QED) is 0.319. The van der Waals surface area contributed by atoms with Crippen molar-refractivity contribution in [1.29, 1.82) is 5.26 Å². The number of anilines is 1. The molecule has 0 aliphatic rings. The Balaban J connectivity index is 1.85. The van der Waals surface area contributed by atoms with Gasteiger partial charge in [0, 0.05) is 11.4 Å². The Bertz CT molecular complexity index is 1130. The van der Waals surface area contributed by atoms with Crippen LogP contribution in [0.25, 0.3) is 0 Å². The summed E-state index contributed by atoms with van der Waals surface area (Å²) in [5.74, 6) is 0.825. The lowest BCUT2D eigenvalue weighted by atomic mass is 10.1. The first kappa shape index (κ1) is 23.2. The van der Waals surface area contributed by atoms with Crippen LogP contribution in [-0.2, 0) is 23.5 Å². The number of carbonyl (C=O) groups is 1. The topological polar surface area (TPSA) is 78.1 Å². The van der Waals surface area contributed by atoms with E-state index in [1.807, 2.05) is 24.3 Å². The highest BCUT2D eigenvalue weighted by molar-refractivity contribution is 8.02. The Kier molecular flexibility index (Phi) is 8.18. The van der Waals surface area contributed by atoms with Crippen molar-refractivity contribution < 1.29 is 9.21 Å². The fourth-order valence-corrected chi connectivity index (χ4v) is 4.25. The van der Waals surface area contributed by atoms with Crippen molar-refractivity contribution in [2.24, 2.45) is 0 Å². The smallest absolute Gasteiger partial charge is 0.265 e. The van der Waals surface area contributed by atoms with Gasteiger partial charge in [0.2, 0.25) is 0 Å². The van der Waals surface area contributed by atoms with Crippen molar-refractivity contribution in [1.82, 2.24) is 5.32 Å². The van der Waals surface area contributed by atoms with Gasteiger partial charge in [-0.25, -0.2) is 0 Å². The van der Waals surface area contributed by atoms with Gasteiger partial charge >= 0.3 is 0 Å². The predicted molar refractivity (Wildman–Crippen MR) is 130 cm³/mol. The van der Waals surface area contributed by atoms with Crippen LogP contribution < -0.4 is 10.6 Å². The van der Waals surface area contributed by atoms with Gasteiger partial charge in [-0.15, -0.1) is 11.8 Å². The number of thioether (sulfide) groups is 1. The van der Waals surface area contributed by atoms with Crippen molar-refractivity contribution in [2.45, 2.75) is 39.5 Å². The summed E-state index contributed by atoms with van der Waals surface area (Å²) in [6.45, 7) is 6.46. The number of nitriles is 1. The van der Waals surface area contributed by atoms with Gasteiger partial charge < -0.3 is 15.1 Å². The highest BCUT2D eigenvalue weighted by Crippen LogP contribution is 2.28. The molecular weight excluding hydrogens is 418 g/mol. The van der Waals surface area contributed by atoms with E-state index in [0.717, 1.165) is 17.7 Å². The molecule has 1 heterocycles. The number of rotatable bonds is 9. The summed E-state index contributed by atoms with van der Waals surface area (Å²) < 4.78 is 5.27. The fourth-order valence-electron chi connectivity index (χ4n) is 3.16.